The van der Waals surface area contributed by atoms with Gasteiger partial charge in [-0.15, -0.1) is 5.10 Å². The van der Waals surface area contributed by atoms with Gasteiger partial charge < -0.3 is 0 Å². The fourth-order valence-electron chi connectivity index (χ4n) is 1.08. The van der Waals surface area contributed by atoms with Crippen LogP contribution in [0, 0.1) is 0 Å². The predicted octanol–water partition coefficient (Wildman–Crippen LogP) is -0.647. The van der Waals surface area contributed by atoms with Crippen molar-refractivity contribution in [3.63, 3.8) is 0 Å². The molecule has 0 amide bonds. The van der Waals surface area contributed by atoms with Gasteiger partial charge in [0.2, 0.25) is 5.95 Å². The SMILES string of the molecule is NNc1ncc(S(=O)(=O)Nc2cccnn2)cn1. The highest BCUT2D eigenvalue weighted by molar-refractivity contribution is 7.92. The molecule has 9 nitrogen and oxygen atoms in total. The van der Waals surface area contributed by atoms with Crippen molar-refractivity contribution >= 4 is 21.8 Å². The van der Waals surface area contributed by atoms with Crippen molar-refractivity contribution in [2.45, 2.75) is 4.90 Å². The van der Waals surface area contributed by atoms with Crippen LogP contribution in [0.3, 0.4) is 0 Å². The van der Waals surface area contributed by atoms with Gasteiger partial charge in [-0.25, -0.2) is 24.2 Å². The third-order valence-electron chi connectivity index (χ3n) is 1.88. The van der Waals surface area contributed by atoms with Crippen LogP contribution < -0.4 is 16.0 Å². The molecule has 0 aliphatic heterocycles. The van der Waals surface area contributed by atoms with E-state index in [1.807, 2.05) is 0 Å². The Bertz CT molecular complexity index is 614. The van der Waals surface area contributed by atoms with Crippen LogP contribution >= 0.6 is 0 Å². The van der Waals surface area contributed by atoms with Crippen molar-refractivity contribution in [3.8, 4) is 0 Å². The highest BCUT2D eigenvalue weighted by Gasteiger charge is 2.15. The van der Waals surface area contributed by atoms with Crippen molar-refractivity contribution in [1.29, 1.82) is 0 Å². The van der Waals surface area contributed by atoms with Gasteiger partial charge >= 0.3 is 0 Å². The molecule has 0 aromatic carbocycles. The average molecular weight is 267 g/mol. The molecule has 4 N–H and O–H groups in total. The summed E-state index contributed by atoms with van der Waals surface area (Å²) in [6, 6.07) is 3.03. The van der Waals surface area contributed by atoms with Crippen molar-refractivity contribution in [1.82, 2.24) is 20.2 Å². The Labute approximate surface area is 103 Å². The minimum Gasteiger partial charge on any atom is -0.292 e. The number of hydrazine groups is 1. The Morgan fingerprint density at radius 3 is 2.50 bits per heavy atom. The largest absolute Gasteiger partial charge is 0.292 e. The van der Waals surface area contributed by atoms with E-state index in [-0.39, 0.29) is 16.7 Å². The first-order chi connectivity index (χ1) is 8.62. The molecule has 2 aromatic rings. The van der Waals surface area contributed by atoms with Gasteiger partial charge in [0.25, 0.3) is 10.0 Å². The standard InChI is InChI=1S/C8H9N7O2S/c9-13-8-10-4-6(5-11-8)18(16,17)15-7-2-1-3-12-14-7/h1-5H,9H2,(H,14,15)(H,10,11,13). The smallest absolute Gasteiger partial charge is 0.266 e. The zero-order valence-electron chi connectivity index (χ0n) is 8.98. The first-order valence-corrected chi connectivity index (χ1v) is 6.19. The lowest BCUT2D eigenvalue weighted by Gasteiger charge is -2.06. The molecule has 10 heteroatoms. The van der Waals surface area contributed by atoms with Crippen LogP contribution in [0.25, 0.3) is 0 Å². The Balaban J connectivity index is 2.25. The molecule has 2 heterocycles. The number of nitrogens with one attached hydrogen (secondary N) is 2. The molecule has 0 aliphatic carbocycles. The number of rotatable bonds is 4. The molecule has 0 saturated carbocycles. The van der Waals surface area contributed by atoms with Gasteiger partial charge in [-0.05, 0) is 12.1 Å². The van der Waals surface area contributed by atoms with Crippen molar-refractivity contribution in [3.05, 3.63) is 30.7 Å². The molecule has 18 heavy (non-hydrogen) atoms. The molecule has 0 bridgehead atoms. The molecule has 0 aliphatic rings. The topological polar surface area (TPSA) is 136 Å². The summed E-state index contributed by atoms with van der Waals surface area (Å²) in [4.78, 5) is 7.30. The highest BCUT2D eigenvalue weighted by atomic mass is 32.2. The molecule has 0 fully saturated rings. The monoisotopic (exact) mass is 267 g/mol. The van der Waals surface area contributed by atoms with E-state index >= 15 is 0 Å². The van der Waals surface area contributed by atoms with Crippen molar-refractivity contribution in [2.75, 3.05) is 10.1 Å². The average Bonchev–Trinajstić information content (AvgIpc) is 2.39. The van der Waals surface area contributed by atoms with Gasteiger partial charge in [0.05, 0.1) is 12.4 Å². The van der Waals surface area contributed by atoms with Crippen molar-refractivity contribution < 1.29 is 8.42 Å². The molecule has 0 atom stereocenters. The van der Waals surface area contributed by atoms with Gasteiger partial charge in [-0.2, -0.15) is 5.10 Å². The van der Waals surface area contributed by atoms with Gasteiger partial charge in [0.15, 0.2) is 5.82 Å². The van der Waals surface area contributed by atoms with Gasteiger partial charge in [-0.3, -0.25) is 10.1 Å². The number of nitrogens with two attached hydrogens (primary N) is 1. The molecular weight excluding hydrogens is 258 g/mol. The summed E-state index contributed by atoms with van der Waals surface area (Å²) in [5, 5.41) is 7.16. The zero-order valence-corrected chi connectivity index (χ0v) is 9.79. The molecule has 94 valence electrons. The molecule has 0 unspecified atom stereocenters. The van der Waals surface area contributed by atoms with E-state index < -0.39 is 10.0 Å². The van der Waals surface area contributed by atoms with E-state index in [1.165, 1.54) is 12.3 Å². The number of anilines is 2. The minimum atomic E-state index is -3.78. The first-order valence-electron chi connectivity index (χ1n) is 4.71. The molecule has 0 spiro atoms. The van der Waals surface area contributed by atoms with Crippen LogP contribution in [0.4, 0.5) is 11.8 Å². The number of aromatic nitrogens is 4. The van der Waals surface area contributed by atoms with Gasteiger partial charge in [0.1, 0.15) is 4.90 Å². The number of nitrogens with zero attached hydrogens (tertiary/aromatic N) is 4. The van der Waals surface area contributed by atoms with Gasteiger partial charge in [-0.1, -0.05) is 0 Å². The first kappa shape index (κ1) is 12.1. The van der Waals surface area contributed by atoms with E-state index in [0.717, 1.165) is 12.4 Å². The molecule has 0 radical (unpaired) electrons. The maximum Gasteiger partial charge on any atom is 0.266 e. The summed E-state index contributed by atoms with van der Waals surface area (Å²) in [5.41, 5.74) is 2.20. The summed E-state index contributed by atoms with van der Waals surface area (Å²) in [7, 11) is -3.78. The molecule has 2 rings (SSSR count). The van der Waals surface area contributed by atoms with Crippen LogP contribution in [0.1, 0.15) is 0 Å². The van der Waals surface area contributed by atoms with E-state index in [4.69, 9.17) is 5.84 Å². The second-order valence-corrected chi connectivity index (χ2v) is 4.78. The number of nitrogen functional groups attached to an aromatic ring is 1. The van der Waals surface area contributed by atoms with Crippen LogP contribution in [0.15, 0.2) is 35.6 Å². The number of hydrogen-bond acceptors (Lipinski definition) is 8. The second-order valence-electron chi connectivity index (χ2n) is 3.10. The van der Waals surface area contributed by atoms with E-state index in [0.29, 0.717) is 0 Å². The third-order valence-corrected chi connectivity index (χ3v) is 3.19. The lowest BCUT2D eigenvalue weighted by Crippen LogP contribution is -2.16. The molecule has 0 saturated heterocycles. The zero-order chi connectivity index (χ0) is 13.0. The summed E-state index contributed by atoms with van der Waals surface area (Å²) < 4.78 is 26.0. The maximum atomic E-state index is 11.9. The molecule has 2 aromatic heterocycles. The number of hydrogen-bond donors (Lipinski definition) is 3. The number of sulfonamides is 1. The van der Waals surface area contributed by atoms with Crippen LogP contribution in [0.5, 0.6) is 0 Å². The second kappa shape index (κ2) is 4.89. The van der Waals surface area contributed by atoms with E-state index in [9.17, 15) is 8.42 Å². The summed E-state index contributed by atoms with van der Waals surface area (Å²) in [5.74, 6) is 5.30. The van der Waals surface area contributed by atoms with Crippen LogP contribution in [-0.4, -0.2) is 28.6 Å². The Morgan fingerprint density at radius 1 is 1.22 bits per heavy atom. The summed E-state index contributed by atoms with van der Waals surface area (Å²) >= 11 is 0. The maximum absolute atomic E-state index is 11.9. The summed E-state index contributed by atoms with van der Waals surface area (Å²) in [6.07, 6.45) is 3.68. The van der Waals surface area contributed by atoms with E-state index in [2.05, 4.69) is 30.3 Å². The Hall–Kier alpha value is -2.33. The lowest BCUT2D eigenvalue weighted by atomic mass is 10.6. The van der Waals surface area contributed by atoms with E-state index in [1.54, 1.807) is 6.07 Å². The minimum absolute atomic E-state index is 0.104. The Morgan fingerprint density at radius 2 is 1.94 bits per heavy atom. The third kappa shape index (κ3) is 2.67. The Kier molecular flexibility index (Phi) is 3.30. The fourth-order valence-corrected chi connectivity index (χ4v) is 1.97. The summed E-state index contributed by atoms with van der Waals surface area (Å²) in [6.45, 7) is 0. The predicted molar refractivity (Wildman–Crippen MR) is 62.7 cm³/mol. The fraction of sp³-hybridized carbons (Fsp3) is 0. The highest BCUT2D eigenvalue weighted by Crippen LogP contribution is 2.11. The van der Waals surface area contributed by atoms with Crippen LogP contribution in [0.2, 0.25) is 0 Å². The van der Waals surface area contributed by atoms with Crippen LogP contribution in [-0.2, 0) is 10.0 Å². The van der Waals surface area contributed by atoms with Gasteiger partial charge in [0, 0.05) is 6.20 Å². The normalized spacial score (nSPS) is 10.9. The molecular formula is C8H9N7O2S. The van der Waals surface area contributed by atoms with Crippen molar-refractivity contribution in [2.24, 2.45) is 5.84 Å². The lowest BCUT2D eigenvalue weighted by molar-refractivity contribution is 0.600. The quantitative estimate of drug-likeness (QED) is 0.491.